The zero-order valence-electron chi connectivity index (χ0n) is 26.6. The minimum atomic E-state index is -1.11. The third-order valence-electron chi connectivity index (χ3n) is 9.29. The number of ether oxygens (including phenoxy) is 2. The predicted molar refractivity (Wildman–Crippen MR) is 170 cm³/mol. The third-order valence-corrected chi connectivity index (χ3v) is 9.57. The van der Waals surface area contributed by atoms with E-state index in [1.54, 1.807) is 15.5 Å². The normalized spacial score (nSPS) is 22.8. The summed E-state index contributed by atoms with van der Waals surface area (Å²) in [5.74, 6) is 0.163. The summed E-state index contributed by atoms with van der Waals surface area (Å²) >= 11 is 6.67. The second-order valence-electron chi connectivity index (χ2n) is 14.2. The van der Waals surface area contributed by atoms with Gasteiger partial charge >= 0.3 is 6.09 Å². The van der Waals surface area contributed by atoms with Gasteiger partial charge in [-0.2, -0.15) is 0 Å². The highest BCUT2D eigenvalue weighted by molar-refractivity contribution is 6.31. The van der Waals surface area contributed by atoms with Gasteiger partial charge < -0.3 is 19.5 Å². The molecule has 6 rings (SSSR count). The van der Waals surface area contributed by atoms with Gasteiger partial charge in [0.05, 0.1) is 42.8 Å². The fourth-order valence-corrected chi connectivity index (χ4v) is 6.66. The standard InChI is InChI=1S/C33H42ClN5O6/c1-21-17-44-18-25(38(21)30(42)45-31(2,3)4)22-6-8-23(9-7-22)39-26(34)16-24-27(39)35-20-37(28(24)40)19-33(43)12-14-36(15-13-33)29(41)32(5)10-11-32/h6-9,16,20-21,25,43H,10-15,17-19H2,1-5H3/t21-,25-/m0/s1. The van der Waals surface area contributed by atoms with Crippen LogP contribution in [0.3, 0.4) is 0 Å². The molecule has 2 aromatic heterocycles. The van der Waals surface area contributed by atoms with Gasteiger partial charge in [0.25, 0.3) is 5.56 Å². The minimum absolute atomic E-state index is 0.0849. The van der Waals surface area contributed by atoms with Crippen molar-refractivity contribution in [2.45, 2.75) is 90.1 Å². The number of hydrogen-bond donors (Lipinski definition) is 1. The van der Waals surface area contributed by atoms with E-state index in [4.69, 9.17) is 21.1 Å². The number of carbonyl (C=O) groups excluding carboxylic acids is 2. The Morgan fingerprint density at radius 3 is 2.40 bits per heavy atom. The smallest absolute Gasteiger partial charge is 0.411 e. The van der Waals surface area contributed by atoms with Crippen LogP contribution in [0.4, 0.5) is 4.79 Å². The maximum absolute atomic E-state index is 13.6. The van der Waals surface area contributed by atoms with Crippen molar-refractivity contribution in [1.29, 1.82) is 0 Å². The van der Waals surface area contributed by atoms with E-state index in [9.17, 15) is 19.5 Å². The number of morpholine rings is 1. The molecule has 11 nitrogen and oxygen atoms in total. The first kappa shape index (κ1) is 31.6. The van der Waals surface area contributed by atoms with Crippen LogP contribution in [0.25, 0.3) is 16.7 Å². The quantitative estimate of drug-likeness (QED) is 0.430. The van der Waals surface area contributed by atoms with Gasteiger partial charge in [-0.05, 0) is 77.1 Å². The Labute approximate surface area is 267 Å². The van der Waals surface area contributed by atoms with Crippen LogP contribution < -0.4 is 5.56 Å². The number of likely N-dealkylation sites (tertiary alicyclic amines) is 1. The Kier molecular flexibility index (Phi) is 8.02. The second kappa shape index (κ2) is 11.4. The van der Waals surface area contributed by atoms with Crippen LogP contribution in [-0.2, 0) is 20.8 Å². The first-order valence-corrected chi connectivity index (χ1v) is 16.0. The van der Waals surface area contributed by atoms with E-state index in [0.29, 0.717) is 61.0 Å². The van der Waals surface area contributed by atoms with E-state index in [1.807, 2.05) is 63.8 Å². The van der Waals surface area contributed by atoms with Crippen molar-refractivity contribution < 1.29 is 24.2 Å². The highest BCUT2D eigenvalue weighted by Gasteiger charge is 2.48. The minimum Gasteiger partial charge on any atom is -0.444 e. The van der Waals surface area contributed by atoms with Crippen LogP contribution in [-0.4, -0.2) is 84.6 Å². The summed E-state index contributed by atoms with van der Waals surface area (Å²) in [6.07, 6.45) is 3.69. The summed E-state index contributed by atoms with van der Waals surface area (Å²) in [6, 6.07) is 8.69. The van der Waals surface area contributed by atoms with Crippen molar-refractivity contribution in [3.63, 3.8) is 0 Å². The number of fused-ring (bicyclic) bond motifs is 1. The zero-order chi connectivity index (χ0) is 32.3. The SMILES string of the molecule is C[C@H]1COC[C@@H](c2ccc(-n3c(Cl)cc4c(=O)n(CC5(O)CCN(C(=O)C6(C)CC6)CC5)cnc43)cc2)N1C(=O)OC(C)(C)C. The van der Waals surface area contributed by atoms with E-state index in [1.165, 1.54) is 10.9 Å². The molecule has 12 heteroatoms. The van der Waals surface area contributed by atoms with Crippen LogP contribution >= 0.6 is 11.6 Å². The first-order valence-electron chi connectivity index (χ1n) is 15.7. The van der Waals surface area contributed by atoms with Crippen LogP contribution in [0.1, 0.15) is 71.9 Å². The van der Waals surface area contributed by atoms with Gasteiger partial charge in [-0.3, -0.25) is 23.6 Å². The summed E-state index contributed by atoms with van der Waals surface area (Å²) in [7, 11) is 0. The van der Waals surface area contributed by atoms with Gasteiger partial charge in [-0.15, -0.1) is 0 Å². The lowest BCUT2D eigenvalue weighted by Gasteiger charge is -2.41. The van der Waals surface area contributed by atoms with E-state index < -0.39 is 11.2 Å². The van der Waals surface area contributed by atoms with Crippen LogP contribution in [0.2, 0.25) is 5.15 Å². The van der Waals surface area contributed by atoms with Crippen LogP contribution in [0.5, 0.6) is 0 Å². The monoisotopic (exact) mass is 639 g/mol. The molecule has 1 N–H and O–H groups in total. The molecule has 1 saturated carbocycles. The molecule has 45 heavy (non-hydrogen) atoms. The van der Waals surface area contributed by atoms with Gasteiger partial charge in [0.15, 0.2) is 5.65 Å². The van der Waals surface area contributed by atoms with E-state index in [2.05, 4.69) is 4.98 Å². The molecule has 4 heterocycles. The lowest BCUT2D eigenvalue weighted by atomic mass is 9.90. The summed E-state index contributed by atoms with van der Waals surface area (Å²) in [6.45, 7) is 11.3. The number of benzene rings is 1. The average molecular weight is 640 g/mol. The van der Waals surface area contributed by atoms with E-state index in [-0.39, 0.29) is 41.6 Å². The lowest BCUT2D eigenvalue weighted by molar-refractivity contribution is -0.141. The number of amides is 2. The van der Waals surface area contributed by atoms with Gasteiger partial charge in [0.2, 0.25) is 5.91 Å². The van der Waals surface area contributed by atoms with E-state index >= 15 is 0 Å². The van der Waals surface area contributed by atoms with Gasteiger partial charge in [-0.25, -0.2) is 9.78 Å². The average Bonchev–Trinajstić information content (AvgIpc) is 3.64. The summed E-state index contributed by atoms with van der Waals surface area (Å²) in [5.41, 5.74) is -0.276. The Bertz CT molecular complexity index is 1660. The Balaban J connectivity index is 1.21. The van der Waals surface area contributed by atoms with Crippen LogP contribution in [0, 0.1) is 5.41 Å². The fourth-order valence-electron chi connectivity index (χ4n) is 6.37. The molecule has 242 valence electrons. The van der Waals surface area contributed by atoms with Crippen LogP contribution in [0.15, 0.2) is 41.5 Å². The molecule has 2 aliphatic heterocycles. The number of aromatic nitrogens is 3. The number of hydrogen-bond acceptors (Lipinski definition) is 7. The van der Waals surface area contributed by atoms with Crippen molar-refractivity contribution in [2.75, 3.05) is 26.3 Å². The highest BCUT2D eigenvalue weighted by atomic mass is 35.5. The van der Waals surface area contributed by atoms with Crippen molar-refractivity contribution >= 4 is 34.6 Å². The molecular formula is C33H42ClN5O6. The molecule has 2 amide bonds. The van der Waals surface area contributed by atoms with Crippen molar-refractivity contribution in [2.24, 2.45) is 5.41 Å². The number of piperidine rings is 1. The van der Waals surface area contributed by atoms with Gasteiger partial charge in [-0.1, -0.05) is 30.7 Å². The second-order valence-corrected chi connectivity index (χ2v) is 14.6. The number of halogens is 1. The van der Waals surface area contributed by atoms with Crippen molar-refractivity contribution in [3.8, 4) is 5.69 Å². The molecule has 2 atom stereocenters. The first-order chi connectivity index (χ1) is 21.2. The van der Waals surface area contributed by atoms with Crippen molar-refractivity contribution in [3.05, 3.63) is 57.7 Å². The molecule has 0 bridgehead atoms. The van der Waals surface area contributed by atoms with E-state index in [0.717, 1.165) is 18.4 Å². The van der Waals surface area contributed by atoms with Crippen molar-refractivity contribution in [1.82, 2.24) is 23.9 Å². The summed E-state index contributed by atoms with van der Waals surface area (Å²) in [5, 5.41) is 12.0. The highest BCUT2D eigenvalue weighted by Crippen LogP contribution is 2.47. The predicted octanol–water partition coefficient (Wildman–Crippen LogP) is 4.69. The number of carbonyl (C=O) groups is 2. The van der Waals surface area contributed by atoms with Gasteiger partial charge in [0, 0.05) is 24.2 Å². The molecule has 0 radical (unpaired) electrons. The molecule has 1 aliphatic carbocycles. The molecule has 3 aliphatic rings. The molecule has 1 aromatic carbocycles. The maximum Gasteiger partial charge on any atom is 0.411 e. The molecular weight excluding hydrogens is 598 g/mol. The van der Waals surface area contributed by atoms with Gasteiger partial charge in [0.1, 0.15) is 17.1 Å². The fraction of sp³-hybridized carbons (Fsp3) is 0.576. The molecule has 3 fully saturated rings. The Morgan fingerprint density at radius 2 is 1.78 bits per heavy atom. The number of rotatable bonds is 5. The number of nitrogens with zero attached hydrogens (tertiary/aromatic N) is 5. The molecule has 0 spiro atoms. The summed E-state index contributed by atoms with van der Waals surface area (Å²) < 4.78 is 14.6. The zero-order valence-corrected chi connectivity index (χ0v) is 27.3. The molecule has 2 saturated heterocycles. The maximum atomic E-state index is 13.6. The Morgan fingerprint density at radius 1 is 1.11 bits per heavy atom. The summed E-state index contributed by atoms with van der Waals surface area (Å²) in [4.78, 5) is 47.5. The largest absolute Gasteiger partial charge is 0.444 e. The Hall–Kier alpha value is -3.41. The topological polar surface area (TPSA) is 119 Å². The molecule has 0 unspecified atom stereocenters. The molecule has 3 aromatic rings. The third kappa shape index (κ3) is 6.22. The number of aliphatic hydroxyl groups is 1. The lowest BCUT2D eigenvalue weighted by Crippen LogP contribution is -2.51.